The molecule has 76 valence electrons. The van der Waals surface area contributed by atoms with Gasteiger partial charge in [-0.1, -0.05) is 44.6 Å². The summed E-state index contributed by atoms with van der Waals surface area (Å²) in [5, 5.41) is 0. The summed E-state index contributed by atoms with van der Waals surface area (Å²) in [5.74, 6) is 0.685. The zero-order chi connectivity index (χ0) is 10.2. The third-order valence-corrected chi connectivity index (χ3v) is 2.33. The summed E-state index contributed by atoms with van der Waals surface area (Å²) in [6.45, 7) is 4.44. The summed E-state index contributed by atoms with van der Waals surface area (Å²) < 4.78 is 0. The molecule has 1 heterocycles. The molecule has 0 bridgehead atoms. The summed E-state index contributed by atoms with van der Waals surface area (Å²) in [5.41, 5.74) is 1.26. The Morgan fingerprint density at radius 3 is 2.93 bits per heavy atom. The van der Waals surface area contributed by atoms with Crippen LogP contribution < -0.4 is 0 Å². The smallest absolute Gasteiger partial charge is 0.0185 e. The average molecular weight is 189 g/mol. The number of aromatic nitrogens is 1. The molecule has 0 aliphatic heterocycles. The molecule has 1 rings (SSSR count). The van der Waals surface area contributed by atoms with Crippen molar-refractivity contribution in [2.75, 3.05) is 0 Å². The normalized spacial score (nSPS) is 14.1. The molecule has 1 unspecified atom stereocenters. The van der Waals surface area contributed by atoms with E-state index in [9.17, 15) is 0 Å². The minimum absolute atomic E-state index is 0.685. The van der Waals surface area contributed by atoms with Gasteiger partial charge in [-0.15, -0.1) is 0 Å². The fraction of sp³-hybridized carbons (Fsp3) is 0.385. The third-order valence-electron chi connectivity index (χ3n) is 2.33. The van der Waals surface area contributed by atoms with Crippen LogP contribution in [0.3, 0.4) is 0 Å². The van der Waals surface area contributed by atoms with Gasteiger partial charge in [-0.2, -0.15) is 0 Å². The standard InChI is InChI=1S/C13H19N/c1-3-12(2)8-5-4-6-9-13-10-7-11-14-13/h4-8,10-12,14H,3,9H2,1-2H3/b6-4+,8-5-. The van der Waals surface area contributed by atoms with Crippen LogP contribution in [0.25, 0.3) is 0 Å². The first-order valence-corrected chi connectivity index (χ1v) is 5.28. The number of rotatable bonds is 5. The zero-order valence-corrected chi connectivity index (χ0v) is 9.03. The first-order chi connectivity index (χ1) is 6.83. The Bertz CT molecular complexity index is 280. The van der Waals surface area contributed by atoms with Gasteiger partial charge in [0.2, 0.25) is 0 Å². The van der Waals surface area contributed by atoms with Gasteiger partial charge in [-0.3, -0.25) is 0 Å². The predicted molar refractivity (Wildman–Crippen MR) is 62.2 cm³/mol. The van der Waals surface area contributed by atoms with Crippen molar-refractivity contribution in [1.82, 2.24) is 4.98 Å². The van der Waals surface area contributed by atoms with E-state index in [1.807, 2.05) is 12.3 Å². The van der Waals surface area contributed by atoms with E-state index in [0.29, 0.717) is 5.92 Å². The summed E-state index contributed by atoms with van der Waals surface area (Å²) in [6.07, 6.45) is 12.8. The highest BCUT2D eigenvalue weighted by Crippen LogP contribution is 2.02. The van der Waals surface area contributed by atoms with Gasteiger partial charge in [0, 0.05) is 18.3 Å². The molecule has 1 nitrogen and oxygen atoms in total. The monoisotopic (exact) mass is 189 g/mol. The largest absolute Gasteiger partial charge is 0.365 e. The second-order valence-electron chi connectivity index (χ2n) is 3.60. The number of aromatic amines is 1. The number of nitrogens with one attached hydrogen (secondary N) is 1. The van der Waals surface area contributed by atoms with Crippen LogP contribution in [0.2, 0.25) is 0 Å². The molecule has 0 saturated heterocycles. The highest BCUT2D eigenvalue weighted by Gasteiger charge is 1.88. The van der Waals surface area contributed by atoms with Crippen molar-refractivity contribution >= 4 is 0 Å². The molecular weight excluding hydrogens is 170 g/mol. The molecule has 1 atom stereocenters. The van der Waals surface area contributed by atoms with Crippen molar-refractivity contribution < 1.29 is 0 Å². The lowest BCUT2D eigenvalue weighted by molar-refractivity contribution is 0.698. The SMILES string of the molecule is CCC(C)/C=C\C=C\Cc1ccc[nH]1. The van der Waals surface area contributed by atoms with E-state index in [2.05, 4.69) is 49.2 Å². The fourth-order valence-corrected chi connectivity index (χ4v) is 1.16. The van der Waals surface area contributed by atoms with Crippen molar-refractivity contribution in [3.63, 3.8) is 0 Å². The molecule has 0 aromatic carbocycles. The lowest BCUT2D eigenvalue weighted by atomic mass is 10.1. The Hall–Kier alpha value is -1.24. The minimum atomic E-state index is 0.685. The van der Waals surface area contributed by atoms with Crippen molar-refractivity contribution in [2.24, 2.45) is 5.92 Å². The molecule has 0 spiro atoms. The van der Waals surface area contributed by atoms with Gasteiger partial charge in [-0.25, -0.2) is 0 Å². The topological polar surface area (TPSA) is 15.8 Å². The van der Waals surface area contributed by atoms with Gasteiger partial charge in [0.15, 0.2) is 0 Å². The van der Waals surface area contributed by atoms with Crippen molar-refractivity contribution in [1.29, 1.82) is 0 Å². The molecule has 1 aromatic heterocycles. The van der Waals surface area contributed by atoms with Crippen molar-refractivity contribution in [3.05, 3.63) is 48.3 Å². The lowest BCUT2D eigenvalue weighted by Gasteiger charge is -1.96. The first kappa shape index (κ1) is 10.8. The second kappa shape index (κ2) is 6.25. The summed E-state index contributed by atoms with van der Waals surface area (Å²) >= 11 is 0. The molecule has 0 aliphatic carbocycles. The molecule has 0 radical (unpaired) electrons. The molecule has 0 fully saturated rings. The van der Waals surface area contributed by atoms with E-state index in [1.165, 1.54) is 12.1 Å². The highest BCUT2D eigenvalue weighted by molar-refractivity contribution is 5.11. The predicted octanol–water partition coefficient (Wildman–Crippen LogP) is 3.72. The van der Waals surface area contributed by atoms with Gasteiger partial charge >= 0.3 is 0 Å². The van der Waals surface area contributed by atoms with E-state index in [-0.39, 0.29) is 0 Å². The number of hydrogen-bond donors (Lipinski definition) is 1. The Balaban J connectivity index is 2.25. The Kier molecular flexibility index (Phi) is 4.84. The van der Waals surface area contributed by atoms with Gasteiger partial charge in [0.1, 0.15) is 0 Å². The van der Waals surface area contributed by atoms with Crippen molar-refractivity contribution in [2.45, 2.75) is 26.7 Å². The second-order valence-corrected chi connectivity index (χ2v) is 3.60. The average Bonchev–Trinajstić information content (AvgIpc) is 2.69. The van der Waals surface area contributed by atoms with Gasteiger partial charge in [0.25, 0.3) is 0 Å². The molecule has 0 aliphatic rings. The zero-order valence-electron chi connectivity index (χ0n) is 9.03. The number of H-pyrrole nitrogens is 1. The van der Waals surface area contributed by atoms with Gasteiger partial charge < -0.3 is 4.98 Å². The van der Waals surface area contributed by atoms with Crippen molar-refractivity contribution in [3.8, 4) is 0 Å². The fourth-order valence-electron chi connectivity index (χ4n) is 1.16. The number of hydrogen-bond acceptors (Lipinski definition) is 0. The number of allylic oxidation sites excluding steroid dienone is 4. The summed E-state index contributed by atoms with van der Waals surface area (Å²) in [6, 6.07) is 4.13. The van der Waals surface area contributed by atoms with E-state index in [4.69, 9.17) is 0 Å². The summed E-state index contributed by atoms with van der Waals surface area (Å²) in [4.78, 5) is 3.17. The van der Waals surface area contributed by atoms with Crippen LogP contribution in [-0.2, 0) is 6.42 Å². The van der Waals surface area contributed by atoms with E-state index in [0.717, 1.165) is 6.42 Å². The van der Waals surface area contributed by atoms with E-state index < -0.39 is 0 Å². The molecule has 0 amide bonds. The van der Waals surface area contributed by atoms with E-state index in [1.54, 1.807) is 0 Å². The summed E-state index contributed by atoms with van der Waals surface area (Å²) in [7, 11) is 0. The van der Waals surface area contributed by atoms with E-state index >= 15 is 0 Å². The molecule has 1 aromatic rings. The molecule has 1 N–H and O–H groups in total. The third kappa shape index (κ3) is 4.13. The minimum Gasteiger partial charge on any atom is -0.365 e. The maximum Gasteiger partial charge on any atom is 0.0185 e. The maximum absolute atomic E-state index is 3.17. The molecular formula is C13H19N. The van der Waals surface area contributed by atoms with Crippen LogP contribution in [0.1, 0.15) is 26.0 Å². The molecule has 14 heavy (non-hydrogen) atoms. The molecule has 1 heteroatoms. The van der Waals surface area contributed by atoms with Gasteiger partial charge in [-0.05, 0) is 18.1 Å². The Morgan fingerprint density at radius 1 is 1.43 bits per heavy atom. The van der Waals surface area contributed by atoms with Crippen LogP contribution in [0, 0.1) is 5.92 Å². The van der Waals surface area contributed by atoms with Crippen LogP contribution in [-0.4, -0.2) is 4.98 Å². The highest BCUT2D eigenvalue weighted by atomic mass is 14.7. The Morgan fingerprint density at radius 2 is 2.29 bits per heavy atom. The molecule has 0 saturated carbocycles. The van der Waals surface area contributed by atoms with Crippen LogP contribution in [0.4, 0.5) is 0 Å². The van der Waals surface area contributed by atoms with Crippen LogP contribution in [0.15, 0.2) is 42.6 Å². The maximum atomic E-state index is 3.17. The lowest BCUT2D eigenvalue weighted by Crippen LogP contribution is -1.83. The van der Waals surface area contributed by atoms with Crippen LogP contribution in [0.5, 0.6) is 0 Å². The quantitative estimate of drug-likeness (QED) is 0.679. The first-order valence-electron chi connectivity index (χ1n) is 5.28. The van der Waals surface area contributed by atoms with Gasteiger partial charge in [0.05, 0.1) is 0 Å². The van der Waals surface area contributed by atoms with Crippen LogP contribution >= 0.6 is 0 Å². The Labute approximate surface area is 86.5 Å².